The van der Waals surface area contributed by atoms with Crippen LogP contribution >= 0.6 is 0 Å². The van der Waals surface area contributed by atoms with E-state index >= 15 is 0 Å². The van der Waals surface area contributed by atoms with Crippen LogP contribution in [0.2, 0.25) is 0 Å². The molecule has 11 heteroatoms. The fraction of sp³-hybridized carbons (Fsp3) is 0.560. The van der Waals surface area contributed by atoms with Gasteiger partial charge in [-0.15, -0.1) is 0 Å². The number of nitrogens with zero attached hydrogens (tertiary/aromatic N) is 5. The third-order valence-electron chi connectivity index (χ3n) is 7.16. The maximum atomic E-state index is 14.2. The zero-order valence-electron chi connectivity index (χ0n) is 20.5. The number of piperazine rings is 1. The molecule has 0 saturated carbocycles. The minimum Gasteiger partial charge on any atom is -0.372 e. The van der Waals surface area contributed by atoms with Gasteiger partial charge < -0.3 is 19.4 Å². The van der Waals surface area contributed by atoms with Gasteiger partial charge in [-0.2, -0.15) is 5.10 Å². The number of halogens is 3. The highest BCUT2D eigenvalue weighted by Crippen LogP contribution is 2.28. The van der Waals surface area contributed by atoms with Crippen molar-refractivity contribution in [2.75, 3.05) is 44.2 Å². The Labute approximate surface area is 207 Å². The summed E-state index contributed by atoms with van der Waals surface area (Å²) in [5, 5.41) is 4.58. The molecular weight excluding hydrogens is 475 g/mol. The van der Waals surface area contributed by atoms with E-state index in [4.69, 9.17) is 4.74 Å². The molecule has 0 unspecified atom stereocenters. The average Bonchev–Trinajstić information content (AvgIpc) is 3.44. The van der Waals surface area contributed by atoms with E-state index in [1.54, 1.807) is 19.4 Å². The number of hydrogen-bond acceptors (Lipinski definition) is 5. The molecule has 2 aliphatic heterocycles. The summed E-state index contributed by atoms with van der Waals surface area (Å²) < 4.78 is 48.4. The summed E-state index contributed by atoms with van der Waals surface area (Å²) in [5.41, 5.74) is 2.28. The minimum atomic E-state index is -1.23. The number of anilines is 1. The van der Waals surface area contributed by atoms with Gasteiger partial charge in [-0.05, 0) is 33.1 Å². The van der Waals surface area contributed by atoms with Gasteiger partial charge in [0.25, 0.3) is 5.91 Å². The molecule has 1 aromatic carbocycles. The van der Waals surface area contributed by atoms with E-state index in [9.17, 15) is 22.8 Å². The summed E-state index contributed by atoms with van der Waals surface area (Å²) in [7, 11) is 0. The first kappa shape index (κ1) is 24.6. The predicted octanol–water partition coefficient (Wildman–Crippen LogP) is 2.39. The van der Waals surface area contributed by atoms with E-state index < -0.39 is 17.5 Å². The van der Waals surface area contributed by atoms with Crippen molar-refractivity contribution in [3.8, 4) is 0 Å². The Bertz CT molecular complexity index is 1170. The zero-order valence-corrected chi connectivity index (χ0v) is 20.5. The summed E-state index contributed by atoms with van der Waals surface area (Å²) >= 11 is 0. The Morgan fingerprint density at radius 3 is 2.31 bits per heavy atom. The lowest BCUT2D eigenvalue weighted by molar-refractivity contribution is -0.132. The molecule has 36 heavy (non-hydrogen) atoms. The van der Waals surface area contributed by atoms with Crippen LogP contribution in [-0.4, -0.2) is 82.9 Å². The monoisotopic (exact) mass is 505 g/mol. The van der Waals surface area contributed by atoms with Gasteiger partial charge >= 0.3 is 0 Å². The zero-order chi connectivity index (χ0) is 25.6. The van der Waals surface area contributed by atoms with Crippen LogP contribution in [0, 0.1) is 17.5 Å². The molecule has 8 nitrogen and oxygen atoms in total. The van der Waals surface area contributed by atoms with Crippen LogP contribution in [0.25, 0.3) is 0 Å². The molecule has 2 aromatic rings. The molecule has 1 aliphatic carbocycles. The number of carbonyl (C=O) groups excluding carboxylic acids is 2. The molecule has 3 aliphatic rings. The highest BCUT2D eigenvalue weighted by Gasteiger charge is 2.33. The maximum absolute atomic E-state index is 14.2. The van der Waals surface area contributed by atoms with Gasteiger partial charge in [0.2, 0.25) is 5.91 Å². The standard InChI is InChI=1S/C25H30F3N5O3/c1-15-12-32(13-16(2)36-15)25(35)24-17-4-3-5-21(17)33(29-24)14-23(34)31-8-6-30(7-9-31)22-11-19(27)18(26)10-20(22)28/h10-11,15-16H,3-9,12-14H2,1-2H3/t15-,16+. The quantitative estimate of drug-likeness (QED) is 0.597. The Morgan fingerprint density at radius 1 is 0.944 bits per heavy atom. The summed E-state index contributed by atoms with van der Waals surface area (Å²) in [6, 6.07) is 1.39. The number of morpholine rings is 1. The molecule has 5 rings (SSSR count). The molecule has 2 fully saturated rings. The second-order valence-corrected chi connectivity index (χ2v) is 9.84. The highest BCUT2D eigenvalue weighted by atomic mass is 19.2. The largest absolute Gasteiger partial charge is 0.372 e. The second kappa shape index (κ2) is 9.76. The summed E-state index contributed by atoms with van der Waals surface area (Å²) in [4.78, 5) is 31.4. The van der Waals surface area contributed by atoms with E-state index in [-0.39, 0.29) is 36.3 Å². The van der Waals surface area contributed by atoms with Gasteiger partial charge in [0.1, 0.15) is 12.4 Å². The number of carbonyl (C=O) groups is 2. The van der Waals surface area contributed by atoms with Crippen LogP contribution < -0.4 is 4.90 Å². The number of amides is 2. The summed E-state index contributed by atoms with van der Waals surface area (Å²) in [6.07, 6.45) is 2.34. The van der Waals surface area contributed by atoms with Gasteiger partial charge in [-0.1, -0.05) is 0 Å². The van der Waals surface area contributed by atoms with Crippen LogP contribution in [0.15, 0.2) is 12.1 Å². The van der Waals surface area contributed by atoms with Gasteiger partial charge in [-0.25, -0.2) is 13.2 Å². The maximum Gasteiger partial charge on any atom is 0.274 e. The molecule has 3 heterocycles. The topological polar surface area (TPSA) is 70.9 Å². The lowest BCUT2D eigenvalue weighted by Gasteiger charge is -2.36. The SMILES string of the molecule is C[C@@H]1CN(C(=O)c2nn(CC(=O)N3CCN(c4cc(F)c(F)cc4F)CC3)c3c2CCC3)C[C@H](C)O1. The van der Waals surface area contributed by atoms with Crippen molar-refractivity contribution < 1.29 is 27.5 Å². The fourth-order valence-electron chi connectivity index (χ4n) is 5.48. The molecule has 194 valence electrons. The van der Waals surface area contributed by atoms with Crippen LogP contribution in [0.5, 0.6) is 0 Å². The number of fused-ring (bicyclic) bond motifs is 1. The molecule has 0 N–H and O–H groups in total. The van der Waals surface area contributed by atoms with Crippen molar-refractivity contribution in [1.82, 2.24) is 19.6 Å². The smallest absolute Gasteiger partial charge is 0.274 e. The van der Waals surface area contributed by atoms with Crippen molar-refractivity contribution in [3.05, 3.63) is 46.5 Å². The van der Waals surface area contributed by atoms with Gasteiger partial charge in [0, 0.05) is 62.7 Å². The Morgan fingerprint density at radius 2 is 1.61 bits per heavy atom. The van der Waals surface area contributed by atoms with Gasteiger partial charge in [0.05, 0.1) is 17.9 Å². The number of aromatic nitrogens is 2. The van der Waals surface area contributed by atoms with Crippen molar-refractivity contribution in [2.24, 2.45) is 0 Å². The highest BCUT2D eigenvalue weighted by molar-refractivity contribution is 5.94. The number of rotatable bonds is 4. The lowest BCUT2D eigenvalue weighted by atomic mass is 10.1. The normalized spacial score (nSPS) is 22.2. The van der Waals surface area contributed by atoms with E-state index in [2.05, 4.69) is 5.10 Å². The molecule has 0 radical (unpaired) electrons. The van der Waals surface area contributed by atoms with Crippen LogP contribution in [0.3, 0.4) is 0 Å². The Hall–Kier alpha value is -3.08. The number of benzene rings is 1. The van der Waals surface area contributed by atoms with E-state index in [1.165, 1.54) is 0 Å². The molecule has 2 amide bonds. The third kappa shape index (κ3) is 4.68. The van der Waals surface area contributed by atoms with Crippen molar-refractivity contribution in [1.29, 1.82) is 0 Å². The third-order valence-corrected chi connectivity index (χ3v) is 7.16. The summed E-state index contributed by atoms with van der Waals surface area (Å²) in [6.45, 7) is 6.14. The van der Waals surface area contributed by atoms with Crippen LogP contribution in [0.4, 0.5) is 18.9 Å². The molecular formula is C25H30F3N5O3. The average molecular weight is 506 g/mol. The number of hydrogen-bond donors (Lipinski definition) is 0. The van der Waals surface area contributed by atoms with Crippen LogP contribution in [0.1, 0.15) is 42.0 Å². The van der Waals surface area contributed by atoms with Crippen molar-refractivity contribution in [3.63, 3.8) is 0 Å². The Kier molecular flexibility index (Phi) is 6.67. The molecule has 0 spiro atoms. The van der Waals surface area contributed by atoms with Crippen molar-refractivity contribution >= 4 is 17.5 Å². The minimum absolute atomic E-state index is 0.0131. The van der Waals surface area contributed by atoms with Gasteiger partial charge in [-0.3, -0.25) is 14.3 Å². The first-order chi connectivity index (χ1) is 17.2. The van der Waals surface area contributed by atoms with E-state index in [1.807, 2.05) is 13.8 Å². The van der Waals surface area contributed by atoms with Crippen LogP contribution in [-0.2, 0) is 28.9 Å². The first-order valence-electron chi connectivity index (χ1n) is 12.4. The van der Waals surface area contributed by atoms with Crippen molar-refractivity contribution in [2.45, 2.75) is 51.9 Å². The molecule has 2 saturated heterocycles. The number of ether oxygens (including phenoxy) is 1. The molecule has 1 aromatic heterocycles. The lowest BCUT2D eigenvalue weighted by Crippen LogP contribution is -2.50. The fourth-order valence-corrected chi connectivity index (χ4v) is 5.48. The second-order valence-electron chi connectivity index (χ2n) is 9.84. The summed E-state index contributed by atoms with van der Waals surface area (Å²) in [5.74, 6) is -3.44. The molecule has 2 atom stereocenters. The van der Waals surface area contributed by atoms with Gasteiger partial charge in [0.15, 0.2) is 17.3 Å². The Balaban J connectivity index is 1.26. The van der Waals surface area contributed by atoms with E-state index in [0.29, 0.717) is 51.0 Å². The predicted molar refractivity (Wildman–Crippen MR) is 125 cm³/mol. The molecule has 0 bridgehead atoms. The van der Waals surface area contributed by atoms with E-state index in [0.717, 1.165) is 36.6 Å². The first-order valence-corrected chi connectivity index (χ1v) is 12.4.